The van der Waals surface area contributed by atoms with Crippen LogP contribution in [0.1, 0.15) is 50.1 Å². The molecule has 2 fully saturated rings. The van der Waals surface area contributed by atoms with Gasteiger partial charge in [0, 0.05) is 12.0 Å². The van der Waals surface area contributed by atoms with Crippen molar-refractivity contribution in [3.8, 4) is 0 Å². The molecule has 0 aromatic heterocycles. The van der Waals surface area contributed by atoms with Crippen molar-refractivity contribution in [3.63, 3.8) is 0 Å². The Balaban J connectivity index is 1.92. The number of oxime groups is 1. The maximum absolute atomic E-state index is 9.37. The van der Waals surface area contributed by atoms with Gasteiger partial charge in [-0.05, 0) is 50.8 Å². The van der Waals surface area contributed by atoms with Crippen molar-refractivity contribution in [2.24, 2.45) is 11.1 Å². The molecule has 1 aromatic rings. The second-order valence-electron chi connectivity index (χ2n) is 6.04. The molecule has 1 saturated carbocycles. The van der Waals surface area contributed by atoms with E-state index in [1.54, 1.807) is 0 Å². The summed E-state index contributed by atoms with van der Waals surface area (Å²) in [5.41, 5.74) is 2.39. The van der Waals surface area contributed by atoms with E-state index in [0.29, 0.717) is 12.0 Å². The zero-order valence-corrected chi connectivity index (χ0v) is 12.0. The van der Waals surface area contributed by atoms with Gasteiger partial charge in [-0.25, -0.2) is 0 Å². The van der Waals surface area contributed by atoms with Gasteiger partial charge >= 0.3 is 0 Å². The molecule has 3 heteroatoms. The lowest BCUT2D eigenvalue weighted by Crippen LogP contribution is -2.37. The number of nitrogens with zero attached hydrogens (tertiary/aromatic N) is 2. The molecule has 1 aromatic carbocycles. The zero-order valence-electron chi connectivity index (χ0n) is 12.0. The summed E-state index contributed by atoms with van der Waals surface area (Å²) in [5, 5.41) is 13.0. The van der Waals surface area contributed by atoms with Crippen LogP contribution in [0.2, 0.25) is 0 Å². The highest BCUT2D eigenvalue weighted by molar-refractivity contribution is 5.87. The molecule has 0 radical (unpaired) electrons. The van der Waals surface area contributed by atoms with Crippen molar-refractivity contribution < 1.29 is 5.21 Å². The van der Waals surface area contributed by atoms with Gasteiger partial charge in [0.2, 0.25) is 0 Å². The first-order valence-electron chi connectivity index (χ1n) is 7.90. The Morgan fingerprint density at radius 3 is 2.50 bits per heavy atom. The van der Waals surface area contributed by atoms with Crippen LogP contribution in [-0.4, -0.2) is 28.9 Å². The van der Waals surface area contributed by atoms with Crippen LogP contribution in [0, 0.1) is 5.92 Å². The van der Waals surface area contributed by atoms with E-state index in [-0.39, 0.29) is 0 Å². The highest BCUT2D eigenvalue weighted by Gasteiger charge is 2.35. The van der Waals surface area contributed by atoms with Gasteiger partial charge in [-0.3, -0.25) is 4.90 Å². The zero-order chi connectivity index (χ0) is 13.8. The van der Waals surface area contributed by atoms with Crippen molar-refractivity contribution in [2.45, 2.75) is 44.6 Å². The van der Waals surface area contributed by atoms with Crippen LogP contribution in [-0.2, 0) is 0 Å². The van der Waals surface area contributed by atoms with Gasteiger partial charge in [-0.15, -0.1) is 0 Å². The Morgan fingerprint density at radius 1 is 1.05 bits per heavy atom. The first-order valence-corrected chi connectivity index (χ1v) is 7.90. The molecule has 2 atom stereocenters. The highest BCUT2D eigenvalue weighted by atomic mass is 16.4. The summed E-state index contributed by atoms with van der Waals surface area (Å²) in [4.78, 5) is 2.59. The first-order chi connectivity index (χ1) is 9.90. The maximum atomic E-state index is 9.37. The predicted octanol–water partition coefficient (Wildman–Crippen LogP) is 3.84. The van der Waals surface area contributed by atoms with Crippen molar-refractivity contribution in [2.75, 3.05) is 13.1 Å². The Labute approximate surface area is 121 Å². The summed E-state index contributed by atoms with van der Waals surface area (Å²) in [7, 11) is 0. The van der Waals surface area contributed by atoms with Crippen molar-refractivity contribution in [3.05, 3.63) is 35.9 Å². The van der Waals surface area contributed by atoms with E-state index in [1.165, 1.54) is 37.9 Å². The summed E-state index contributed by atoms with van der Waals surface area (Å²) in [6.45, 7) is 2.35. The quantitative estimate of drug-likeness (QED) is 0.670. The molecule has 1 aliphatic heterocycles. The number of hydrogen-bond acceptors (Lipinski definition) is 3. The van der Waals surface area contributed by atoms with Crippen LogP contribution in [0.5, 0.6) is 0 Å². The van der Waals surface area contributed by atoms with Gasteiger partial charge in [-0.1, -0.05) is 41.9 Å². The van der Waals surface area contributed by atoms with Gasteiger partial charge in [0.05, 0.1) is 5.71 Å². The number of likely N-dealkylation sites (tertiary alicyclic amines) is 1. The molecule has 1 saturated heterocycles. The van der Waals surface area contributed by atoms with Crippen molar-refractivity contribution in [1.82, 2.24) is 4.90 Å². The lowest BCUT2D eigenvalue weighted by molar-refractivity contribution is 0.189. The predicted molar refractivity (Wildman–Crippen MR) is 81.2 cm³/mol. The minimum Gasteiger partial charge on any atom is -0.411 e. The molecular formula is C17H24N2O. The Hall–Kier alpha value is -1.35. The van der Waals surface area contributed by atoms with Crippen LogP contribution in [0.15, 0.2) is 35.5 Å². The molecule has 1 heterocycles. The third kappa shape index (κ3) is 2.73. The second kappa shape index (κ2) is 6.40. The van der Waals surface area contributed by atoms with E-state index in [1.807, 2.05) is 0 Å². The van der Waals surface area contributed by atoms with Gasteiger partial charge in [0.15, 0.2) is 0 Å². The average Bonchev–Trinajstić information content (AvgIpc) is 3.03. The van der Waals surface area contributed by atoms with Gasteiger partial charge in [0.25, 0.3) is 0 Å². The van der Waals surface area contributed by atoms with Gasteiger partial charge < -0.3 is 5.21 Å². The molecule has 1 aliphatic carbocycles. The fourth-order valence-corrected chi connectivity index (χ4v) is 3.85. The number of hydrogen-bond donors (Lipinski definition) is 1. The van der Waals surface area contributed by atoms with Crippen LogP contribution in [0.3, 0.4) is 0 Å². The smallest absolute Gasteiger partial charge is 0.0620 e. The van der Waals surface area contributed by atoms with E-state index in [9.17, 15) is 5.21 Å². The summed E-state index contributed by atoms with van der Waals surface area (Å²) < 4.78 is 0. The monoisotopic (exact) mass is 272 g/mol. The third-order valence-corrected chi connectivity index (χ3v) is 4.81. The Kier molecular flexibility index (Phi) is 4.36. The van der Waals surface area contributed by atoms with E-state index in [2.05, 4.69) is 40.4 Å². The van der Waals surface area contributed by atoms with E-state index in [4.69, 9.17) is 0 Å². The molecule has 2 unspecified atom stereocenters. The summed E-state index contributed by atoms with van der Waals surface area (Å²) >= 11 is 0. The molecule has 20 heavy (non-hydrogen) atoms. The summed E-state index contributed by atoms with van der Waals surface area (Å²) in [6.07, 6.45) is 7.11. The van der Waals surface area contributed by atoms with Gasteiger partial charge in [0.1, 0.15) is 0 Å². The number of benzene rings is 1. The van der Waals surface area contributed by atoms with Crippen LogP contribution in [0.25, 0.3) is 0 Å². The lowest BCUT2D eigenvalue weighted by Gasteiger charge is -2.37. The largest absolute Gasteiger partial charge is 0.411 e. The third-order valence-electron chi connectivity index (χ3n) is 4.81. The summed E-state index contributed by atoms with van der Waals surface area (Å²) in [6, 6.07) is 11.2. The SMILES string of the molecule is ON=C1CCCCC1C(c1ccccc1)N1CCCC1. The normalized spacial score (nSPS) is 27.8. The Morgan fingerprint density at radius 2 is 1.80 bits per heavy atom. The second-order valence-corrected chi connectivity index (χ2v) is 6.04. The molecule has 0 amide bonds. The fourth-order valence-electron chi connectivity index (χ4n) is 3.85. The van der Waals surface area contributed by atoms with Crippen LogP contribution >= 0.6 is 0 Å². The standard InChI is InChI=1S/C17H24N2O/c20-18-16-11-5-4-10-15(16)17(19-12-6-7-13-19)14-8-2-1-3-9-14/h1-3,8-9,15,17,20H,4-7,10-13H2. The van der Waals surface area contributed by atoms with E-state index >= 15 is 0 Å². The molecule has 0 spiro atoms. The van der Waals surface area contributed by atoms with Gasteiger partial charge in [-0.2, -0.15) is 0 Å². The minimum absolute atomic E-state index is 0.384. The molecule has 1 N–H and O–H groups in total. The molecule has 0 bridgehead atoms. The maximum Gasteiger partial charge on any atom is 0.0620 e. The topological polar surface area (TPSA) is 35.8 Å². The van der Waals surface area contributed by atoms with Crippen LogP contribution < -0.4 is 0 Å². The highest BCUT2D eigenvalue weighted by Crippen LogP contribution is 2.38. The fraction of sp³-hybridized carbons (Fsp3) is 0.588. The average molecular weight is 272 g/mol. The minimum atomic E-state index is 0.384. The van der Waals surface area contributed by atoms with Crippen molar-refractivity contribution in [1.29, 1.82) is 0 Å². The first kappa shape index (κ1) is 13.6. The molecule has 3 rings (SSSR count). The summed E-state index contributed by atoms with van der Waals surface area (Å²) in [5.74, 6) is 0.384. The Bertz CT molecular complexity index is 451. The molecular weight excluding hydrogens is 248 g/mol. The van der Waals surface area contributed by atoms with Crippen molar-refractivity contribution >= 4 is 5.71 Å². The van der Waals surface area contributed by atoms with Crippen LogP contribution in [0.4, 0.5) is 0 Å². The van der Waals surface area contributed by atoms with E-state index in [0.717, 1.165) is 25.0 Å². The number of rotatable bonds is 3. The molecule has 108 valence electrons. The molecule has 2 aliphatic rings. The van der Waals surface area contributed by atoms with E-state index < -0.39 is 0 Å². The lowest BCUT2D eigenvalue weighted by atomic mass is 9.79. The molecule has 3 nitrogen and oxygen atoms in total.